The number of amides is 1. The van der Waals surface area contributed by atoms with Crippen LogP contribution in [0.2, 0.25) is 0 Å². The van der Waals surface area contributed by atoms with Gasteiger partial charge in [0.1, 0.15) is 5.75 Å². The van der Waals surface area contributed by atoms with Gasteiger partial charge in [-0.1, -0.05) is 25.9 Å². The summed E-state index contributed by atoms with van der Waals surface area (Å²) in [5.41, 5.74) is -0.298. The van der Waals surface area contributed by atoms with Crippen LogP contribution in [0.25, 0.3) is 0 Å². The largest absolute Gasteiger partial charge is 0.359 e. The van der Waals surface area contributed by atoms with Crippen molar-refractivity contribution in [2.24, 2.45) is 0 Å². The minimum atomic E-state index is -3.43. The van der Waals surface area contributed by atoms with Gasteiger partial charge >= 0.3 is 0 Å². The maximum absolute atomic E-state index is 11.8. The van der Waals surface area contributed by atoms with Crippen molar-refractivity contribution in [2.45, 2.75) is 38.4 Å². The van der Waals surface area contributed by atoms with E-state index in [9.17, 15) is 13.2 Å². The van der Waals surface area contributed by atoms with Crippen LogP contribution >= 0.6 is 0 Å². The molecule has 0 fully saturated rings. The molecule has 0 aliphatic carbocycles. The van der Waals surface area contributed by atoms with Crippen LogP contribution in [-0.2, 0) is 25.8 Å². The Morgan fingerprint density at radius 2 is 2.00 bits per heavy atom. The Morgan fingerprint density at radius 1 is 1.37 bits per heavy atom. The molecule has 0 unspecified atom stereocenters. The van der Waals surface area contributed by atoms with Gasteiger partial charge in [-0.2, -0.15) is 4.98 Å². The fourth-order valence-electron chi connectivity index (χ4n) is 1.25. The molecule has 108 valence electrons. The molecular formula is C11H19N3O4S. The first-order valence-electron chi connectivity index (χ1n) is 5.88. The normalized spacial score (nSPS) is 12.4. The van der Waals surface area contributed by atoms with Crippen LogP contribution in [-0.4, -0.2) is 37.3 Å². The van der Waals surface area contributed by atoms with Crippen molar-refractivity contribution in [3.63, 3.8) is 0 Å². The van der Waals surface area contributed by atoms with Crippen molar-refractivity contribution in [3.05, 3.63) is 11.7 Å². The Bertz CT molecular complexity index is 543. The highest BCUT2D eigenvalue weighted by molar-refractivity contribution is 7.90. The number of carbonyl (C=O) groups excluding carboxylic acids is 1. The van der Waals surface area contributed by atoms with Gasteiger partial charge in [-0.05, 0) is 0 Å². The molecule has 1 amide bonds. The molecule has 0 atom stereocenters. The first kappa shape index (κ1) is 15.6. The molecule has 0 aliphatic heterocycles. The lowest BCUT2D eigenvalue weighted by Gasteiger charge is -2.10. The Labute approximate surface area is 112 Å². The molecule has 1 rings (SSSR count). The summed E-state index contributed by atoms with van der Waals surface area (Å²) in [4.78, 5) is 15.1. The molecule has 0 spiro atoms. The molecule has 19 heavy (non-hydrogen) atoms. The van der Waals surface area contributed by atoms with E-state index in [4.69, 9.17) is 4.52 Å². The highest BCUT2D eigenvalue weighted by Gasteiger charge is 2.23. The summed E-state index contributed by atoms with van der Waals surface area (Å²) in [6, 6.07) is 0. The molecule has 0 saturated carbocycles. The lowest BCUT2D eigenvalue weighted by molar-refractivity contribution is -0.120. The first-order chi connectivity index (χ1) is 8.64. The Balaban J connectivity index is 2.68. The Hall–Kier alpha value is -1.44. The van der Waals surface area contributed by atoms with E-state index >= 15 is 0 Å². The van der Waals surface area contributed by atoms with Crippen molar-refractivity contribution in [3.8, 4) is 0 Å². The van der Waals surface area contributed by atoms with Crippen molar-refractivity contribution in [1.82, 2.24) is 15.5 Å². The summed E-state index contributed by atoms with van der Waals surface area (Å²) in [7, 11) is -1.97. The number of carbonyl (C=O) groups is 1. The molecule has 0 saturated heterocycles. The van der Waals surface area contributed by atoms with Gasteiger partial charge in [-0.15, -0.1) is 0 Å². The third-order valence-corrected chi connectivity index (χ3v) is 3.91. The van der Waals surface area contributed by atoms with Crippen molar-refractivity contribution < 1.29 is 17.7 Å². The Kier molecular flexibility index (Phi) is 4.67. The van der Waals surface area contributed by atoms with Crippen LogP contribution in [0.5, 0.6) is 0 Å². The van der Waals surface area contributed by atoms with Gasteiger partial charge in [0.2, 0.25) is 11.8 Å². The van der Waals surface area contributed by atoms with E-state index in [0.717, 1.165) is 0 Å². The van der Waals surface area contributed by atoms with E-state index < -0.39 is 9.84 Å². The average molecular weight is 289 g/mol. The van der Waals surface area contributed by atoms with Crippen LogP contribution < -0.4 is 5.32 Å². The quantitative estimate of drug-likeness (QED) is 0.842. The second-order valence-corrected chi connectivity index (χ2v) is 7.46. The fourth-order valence-corrected chi connectivity index (χ4v) is 2.39. The molecule has 1 N–H and O–H groups in total. The Morgan fingerprint density at radius 3 is 2.47 bits per heavy atom. The summed E-state index contributed by atoms with van der Waals surface area (Å²) in [5.74, 6) is -0.372. The van der Waals surface area contributed by atoms with Crippen LogP contribution in [0.15, 0.2) is 4.52 Å². The third-order valence-electron chi connectivity index (χ3n) is 2.40. The van der Waals surface area contributed by atoms with Crippen molar-refractivity contribution >= 4 is 15.7 Å². The summed E-state index contributed by atoms with van der Waals surface area (Å²) in [6.45, 7) is 5.71. The minimum Gasteiger partial charge on any atom is -0.359 e. The SMILES string of the molecule is CNC(=O)CCS(=O)(=O)Cc1nc(C(C)(C)C)no1. The molecule has 8 heteroatoms. The van der Waals surface area contributed by atoms with Gasteiger partial charge in [-0.3, -0.25) is 4.79 Å². The lowest BCUT2D eigenvalue weighted by atomic mass is 9.96. The molecular weight excluding hydrogens is 270 g/mol. The van der Waals surface area contributed by atoms with Gasteiger partial charge in [0.05, 0.1) is 5.75 Å². The van der Waals surface area contributed by atoms with E-state index in [0.29, 0.717) is 5.82 Å². The van der Waals surface area contributed by atoms with E-state index in [1.54, 1.807) is 0 Å². The molecule has 1 aromatic rings. The van der Waals surface area contributed by atoms with Gasteiger partial charge in [-0.25, -0.2) is 8.42 Å². The number of hydrogen-bond donors (Lipinski definition) is 1. The van der Waals surface area contributed by atoms with E-state index in [1.807, 2.05) is 20.8 Å². The fraction of sp³-hybridized carbons (Fsp3) is 0.727. The van der Waals surface area contributed by atoms with Crippen LogP contribution in [0.3, 0.4) is 0 Å². The van der Waals surface area contributed by atoms with Gasteiger partial charge < -0.3 is 9.84 Å². The number of rotatable bonds is 5. The van der Waals surface area contributed by atoms with E-state index in [2.05, 4.69) is 15.5 Å². The second-order valence-electron chi connectivity index (χ2n) is 5.28. The topological polar surface area (TPSA) is 102 Å². The maximum atomic E-state index is 11.8. The summed E-state index contributed by atoms with van der Waals surface area (Å²) < 4.78 is 28.5. The summed E-state index contributed by atoms with van der Waals surface area (Å²) in [5, 5.41) is 6.12. The number of aromatic nitrogens is 2. The van der Waals surface area contributed by atoms with Crippen LogP contribution in [0, 0.1) is 0 Å². The van der Waals surface area contributed by atoms with Gasteiger partial charge in [0.15, 0.2) is 15.7 Å². The molecule has 1 aromatic heterocycles. The number of hydrogen-bond acceptors (Lipinski definition) is 6. The van der Waals surface area contributed by atoms with Crippen LogP contribution in [0.4, 0.5) is 0 Å². The maximum Gasteiger partial charge on any atom is 0.241 e. The number of nitrogens with zero attached hydrogens (tertiary/aromatic N) is 2. The summed E-state index contributed by atoms with van der Waals surface area (Å²) in [6.07, 6.45) is -0.0703. The molecule has 1 heterocycles. The summed E-state index contributed by atoms with van der Waals surface area (Å²) >= 11 is 0. The van der Waals surface area contributed by atoms with E-state index in [-0.39, 0.29) is 35.1 Å². The molecule has 0 bridgehead atoms. The van der Waals surface area contributed by atoms with E-state index in [1.165, 1.54) is 7.05 Å². The monoisotopic (exact) mass is 289 g/mol. The molecule has 0 aromatic carbocycles. The molecule has 0 radical (unpaired) electrons. The highest BCUT2D eigenvalue weighted by atomic mass is 32.2. The van der Waals surface area contributed by atoms with Crippen LogP contribution in [0.1, 0.15) is 38.9 Å². The number of nitrogens with one attached hydrogen (secondary N) is 1. The lowest BCUT2D eigenvalue weighted by Crippen LogP contribution is -2.22. The van der Waals surface area contributed by atoms with Crippen molar-refractivity contribution in [2.75, 3.05) is 12.8 Å². The zero-order chi connectivity index (χ0) is 14.7. The zero-order valence-corrected chi connectivity index (χ0v) is 12.4. The zero-order valence-electron chi connectivity index (χ0n) is 11.6. The van der Waals surface area contributed by atoms with Gasteiger partial charge in [0, 0.05) is 18.9 Å². The average Bonchev–Trinajstić information content (AvgIpc) is 2.73. The second kappa shape index (κ2) is 5.68. The van der Waals surface area contributed by atoms with Gasteiger partial charge in [0.25, 0.3) is 0 Å². The predicted octanol–water partition coefficient (Wildman–Crippen LogP) is 0.418. The van der Waals surface area contributed by atoms with Crippen molar-refractivity contribution in [1.29, 1.82) is 0 Å². The number of sulfone groups is 1. The molecule has 0 aliphatic rings. The smallest absolute Gasteiger partial charge is 0.241 e. The standard InChI is InChI=1S/C11H19N3O4S/c1-11(2,3)10-13-9(18-14-10)7-19(16,17)6-5-8(15)12-4/h5-7H2,1-4H3,(H,12,15). The first-order valence-corrected chi connectivity index (χ1v) is 7.70. The minimum absolute atomic E-state index is 0.0573. The highest BCUT2D eigenvalue weighted by Crippen LogP contribution is 2.19. The predicted molar refractivity (Wildman–Crippen MR) is 69.2 cm³/mol. The third kappa shape index (κ3) is 4.98. The molecule has 7 nitrogen and oxygen atoms in total.